The van der Waals surface area contributed by atoms with Gasteiger partial charge < -0.3 is 0 Å². The van der Waals surface area contributed by atoms with Crippen molar-refractivity contribution < 1.29 is 16.8 Å². The third kappa shape index (κ3) is 2.42. The number of sulfone groups is 2. The summed E-state index contributed by atoms with van der Waals surface area (Å²) in [5.41, 5.74) is 0.857. The average Bonchev–Trinajstić information content (AvgIpc) is 2.70. The Morgan fingerprint density at radius 2 is 0.857 bits per heavy atom. The van der Waals surface area contributed by atoms with Crippen LogP contribution in [0.3, 0.4) is 0 Å². The Bertz CT molecular complexity index is 1410. The summed E-state index contributed by atoms with van der Waals surface area (Å²) in [7, 11) is -7.87. The third-order valence-electron chi connectivity index (χ3n) is 5.06. The molecular formula is C22H14O4S2. The Morgan fingerprint density at radius 3 is 1.29 bits per heavy atom. The van der Waals surface area contributed by atoms with Crippen LogP contribution in [-0.4, -0.2) is 16.8 Å². The fraction of sp³-hybridized carbons (Fsp3) is 0. The minimum absolute atomic E-state index is 0.106. The van der Waals surface area contributed by atoms with Crippen LogP contribution < -0.4 is 0 Å². The summed E-state index contributed by atoms with van der Waals surface area (Å²) in [5.74, 6) is 0. The third-order valence-corrected chi connectivity index (χ3v) is 8.13. The van der Waals surface area contributed by atoms with Gasteiger partial charge >= 0.3 is 0 Å². The zero-order chi connectivity index (χ0) is 19.5. The van der Waals surface area contributed by atoms with E-state index in [1.807, 2.05) is 48.5 Å². The van der Waals surface area contributed by atoms with Crippen molar-refractivity contribution in [2.45, 2.75) is 9.79 Å². The molecule has 138 valence electrons. The number of hydrogen-bond donors (Lipinski definition) is 0. The lowest BCUT2D eigenvalue weighted by Crippen LogP contribution is -2.08. The highest BCUT2D eigenvalue weighted by atomic mass is 32.2. The number of rotatable bonds is 0. The Kier molecular flexibility index (Phi) is 3.53. The van der Waals surface area contributed by atoms with Gasteiger partial charge in [0, 0.05) is 21.9 Å². The van der Waals surface area contributed by atoms with Gasteiger partial charge in [0.05, 0.1) is 9.79 Å². The van der Waals surface area contributed by atoms with E-state index < -0.39 is 19.7 Å². The van der Waals surface area contributed by atoms with Crippen LogP contribution in [0.25, 0.3) is 32.7 Å². The van der Waals surface area contributed by atoms with Gasteiger partial charge in [0.1, 0.15) is 0 Å². The standard InChI is InChI=1S/C22H14O4S2/c23-27(24)13-14-28(25,26)20-12-10-16-6-2-4-8-18(16)22(20)21-17-7-3-1-5-15(17)9-11-19(21)27/h1-14H/b14-13-. The Labute approximate surface area is 162 Å². The van der Waals surface area contributed by atoms with E-state index in [2.05, 4.69) is 0 Å². The molecule has 0 saturated heterocycles. The maximum absolute atomic E-state index is 13.0. The molecule has 0 amide bonds. The minimum atomic E-state index is -3.94. The number of benzene rings is 4. The van der Waals surface area contributed by atoms with Gasteiger partial charge in [-0.15, -0.1) is 0 Å². The van der Waals surface area contributed by atoms with Gasteiger partial charge in [0.15, 0.2) is 0 Å². The Morgan fingerprint density at radius 1 is 0.464 bits per heavy atom. The Hall–Kier alpha value is -2.96. The first-order valence-corrected chi connectivity index (χ1v) is 11.7. The first-order valence-electron chi connectivity index (χ1n) is 8.61. The second kappa shape index (κ2) is 5.77. The first kappa shape index (κ1) is 17.2. The maximum Gasteiger partial charge on any atom is 0.201 e. The highest BCUT2D eigenvalue weighted by molar-refractivity contribution is 7.98. The highest BCUT2D eigenvalue weighted by Crippen LogP contribution is 2.44. The lowest BCUT2D eigenvalue weighted by Gasteiger charge is -2.19. The predicted molar refractivity (Wildman–Crippen MR) is 110 cm³/mol. The van der Waals surface area contributed by atoms with E-state index in [0.717, 1.165) is 21.6 Å². The molecule has 4 aromatic carbocycles. The summed E-state index contributed by atoms with van der Waals surface area (Å²) in [6.45, 7) is 0. The van der Waals surface area contributed by atoms with E-state index in [0.29, 0.717) is 21.9 Å². The molecule has 6 heteroatoms. The molecule has 0 N–H and O–H groups in total. The molecule has 4 nitrogen and oxygen atoms in total. The largest absolute Gasteiger partial charge is 0.219 e. The van der Waals surface area contributed by atoms with E-state index >= 15 is 0 Å². The van der Waals surface area contributed by atoms with Crippen molar-refractivity contribution in [2.24, 2.45) is 0 Å². The van der Waals surface area contributed by atoms with E-state index in [1.54, 1.807) is 24.3 Å². The fourth-order valence-electron chi connectivity index (χ4n) is 3.79. The van der Waals surface area contributed by atoms with Crippen molar-refractivity contribution in [2.75, 3.05) is 0 Å². The molecule has 1 heterocycles. The summed E-state index contributed by atoms with van der Waals surface area (Å²) in [6.07, 6.45) is 0. The van der Waals surface area contributed by atoms with Crippen molar-refractivity contribution in [3.05, 3.63) is 83.6 Å². The van der Waals surface area contributed by atoms with E-state index in [-0.39, 0.29) is 9.79 Å². The van der Waals surface area contributed by atoms with Crippen LogP contribution >= 0.6 is 0 Å². The quantitative estimate of drug-likeness (QED) is 0.425. The monoisotopic (exact) mass is 406 g/mol. The van der Waals surface area contributed by atoms with Gasteiger partial charge in [0.2, 0.25) is 19.7 Å². The molecule has 0 bridgehead atoms. The molecule has 0 radical (unpaired) electrons. The molecule has 5 rings (SSSR count). The molecular weight excluding hydrogens is 392 g/mol. The molecule has 4 aromatic rings. The molecule has 0 unspecified atom stereocenters. The molecule has 0 atom stereocenters. The van der Waals surface area contributed by atoms with Gasteiger partial charge in [-0.1, -0.05) is 60.7 Å². The van der Waals surface area contributed by atoms with Crippen molar-refractivity contribution in [3.8, 4) is 11.1 Å². The highest BCUT2D eigenvalue weighted by Gasteiger charge is 2.29. The van der Waals surface area contributed by atoms with Crippen molar-refractivity contribution in [1.82, 2.24) is 0 Å². The second-order valence-corrected chi connectivity index (χ2v) is 10.3. The molecule has 1 aliphatic rings. The van der Waals surface area contributed by atoms with Crippen LogP contribution in [0.5, 0.6) is 0 Å². The fourth-order valence-corrected chi connectivity index (χ4v) is 6.76. The minimum Gasteiger partial charge on any atom is -0.219 e. The van der Waals surface area contributed by atoms with Crippen molar-refractivity contribution >= 4 is 41.2 Å². The lowest BCUT2D eigenvalue weighted by atomic mass is 9.94. The summed E-state index contributed by atoms with van der Waals surface area (Å²) in [6, 6.07) is 21.4. The topological polar surface area (TPSA) is 68.3 Å². The zero-order valence-electron chi connectivity index (χ0n) is 14.5. The average molecular weight is 406 g/mol. The van der Waals surface area contributed by atoms with Crippen LogP contribution in [0.15, 0.2) is 93.4 Å². The van der Waals surface area contributed by atoms with Gasteiger partial charge in [-0.2, -0.15) is 0 Å². The lowest BCUT2D eigenvalue weighted by molar-refractivity contribution is 0.600. The normalized spacial score (nSPS) is 18.0. The zero-order valence-corrected chi connectivity index (χ0v) is 16.2. The van der Waals surface area contributed by atoms with Gasteiger partial charge in [-0.25, -0.2) is 16.8 Å². The first-order chi connectivity index (χ1) is 13.4. The molecule has 0 saturated carbocycles. The molecule has 28 heavy (non-hydrogen) atoms. The van der Waals surface area contributed by atoms with Crippen molar-refractivity contribution in [1.29, 1.82) is 0 Å². The van der Waals surface area contributed by atoms with Crippen LogP contribution in [0.4, 0.5) is 0 Å². The Balaban J connectivity index is 2.15. The van der Waals surface area contributed by atoms with Gasteiger partial charge in [0.25, 0.3) is 0 Å². The van der Waals surface area contributed by atoms with Crippen LogP contribution in [-0.2, 0) is 19.7 Å². The van der Waals surface area contributed by atoms with Gasteiger partial charge in [-0.05, 0) is 33.7 Å². The summed E-state index contributed by atoms with van der Waals surface area (Å²) in [4.78, 5) is 0.213. The maximum atomic E-state index is 13.0. The smallest absolute Gasteiger partial charge is 0.201 e. The molecule has 1 aliphatic heterocycles. The SMILES string of the molecule is O=S1(=O)/C=C\S(=O)(=O)c2ccc3ccccc3c2-c2c1ccc1ccccc21. The van der Waals surface area contributed by atoms with Crippen LogP contribution in [0, 0.1) is 0 Å². The van der Waals surface area contributed by atoms with Crippen molar-refractivity contribution in [3.63, 3.8) is 0 Å². The molecule has 0 aromatic heterocycles. The van der Waals surface area contributed by atoms with E-state index in [9.17, 15) is 16.8 Å². The van der Waals surface area contributed by atoms with E-state index in [1.165, 1.54) is 0 Å². The van der Waals surface area contributed by atoms with E-state index in [4.69, 9.17) is 0 Å². The summed E-state index contributed by atoms with van der Waals surface area (Å²) < 4.78 is 51.9. The molecule has 0 spiro atoms. The predicted octanol–water partition coefficient (Wildman–Crippen LogP) is 4.69. The second-order valence-electron chi connectivity index (χ2n) is 6.68. The molecule has 0 fully saturated rings. The van der Waals surface area contributed by atoms with Crippen LogP contribution in [0.1, 0.15) is 0 Å². The number of hydrogen-bond acceptors (Lipinski definition) is 4. The van der Waals surface area contributed by atoms with Crippen LogP contribution in [0.2, 0.25) is 0 Å². The summed E-state index contributed by atoms with van der Waals surface area (Å²) >= 11 is 0. The molecule has 0 aliphatic carbocycles. The number of fused-ring (bicyclic) bond motifs is 7. The van der Waals surface area contributed by atoms with Gasteiger partial charge in [-0.3, -0.25) is 0 Å². The summed E-state index contributed by atoms with van der Waals surface area (Å²) in [5, 5.41) is 4.66.